The smallest absolute Gasteiger partial charge is 0.250 e. The second-order valence-corrected chi connectivity index (χ2v) is 10.3. The maximum Gasteiger partial charge on any atom is 0.250 e. The van der Waals surface area contributed by atoms with Crippen molar-refractivity contribution in [2.24, 2.45) is 0 Å². The van der Waals surface area contributed by atoms with E-state index < -0.39 is 0 Å². The number of aryl methyl sites for hydroxylation is 1. The minimum Gasteiger partial charge on any atom is -0.375 e. The SMILES string of the molecule is COCC(=O)Nc1ccc(N2C(=S)N[C@H](c3ccccn3)[C@H]2c2cc(C)n(Cc3ccccc3)c2C)cc1Cl. The van der Waals surface area contributed by atoms with Crippen LogP contribution in [-0.2, 0) is 16.1 Å². The molecule has 2 N–H and O–H groups in total. The highest BCUT2D eigenvalue weighted by Crippen LogP contribution is 2.44. The molecule has 1 saturated heterocycles. The molecule has 0 unspecified atom stereocenters. The summed E-state index contributed by atoms with van der Waals surface area (Å²) in [6, 6.07) is 23.8. The molecule has 1 aliphatic heterocycles. The maximum atomic E-state index is 12.1. The lowest BCUT2D eigenvalue weighted by molar-refractivity contribution is -0.119. The molecule has 1 fully saturated rings. The highest BCUT2D eigenvalue weighted by molar-refractivity contribution is 7.80. The number of rotatable bonds is 8. The Labute approximate surface area is 238 Å². The maximum absolute atomic E-state index is 12.1. The van der Waals surface area contributed by atoms with Crippen LogP contribution in [-0.4, -0.2) is 34.3 Å². The first-order valence-corrected chi connectivity index (χ1v) is 13.5. The van der Waals surface area contributed by atoms with Gasteiger partial charge in [0.05, 0.1) is 28.5 Å². The summed E-state index contributed by atoms with van der Waals surface area (Å²) in [5.74, 6) is -0.274. The van der Waals surface area contributed by atoms with Crippen molar-refractivity contribution in [3.63, 3.8) is 0 Å². The summed E-state index contributed by atoms with van der Waals surface area (Å²) in [4.78, 5) is 18.8. The number of carbonyl (C=O) groups is 1. The lowest BCUT2D eigenvalue weighted by atomic mass is 9.96. The molecule has 1 aliphatic rings. The van der Waals surface area contributed by atoms with E-state index in [1.54, 1.807) is 12.3 Å². The van der Waals surface area contributed by atoms with Crippen LogP contribution in [0, 0.1) is 13.8 Å². The van der Waals surface area contributed by atoms with Crippen molar-refractivity contribution >= 4 is 46.2 Å². The minimum absolute atomic E-state index is 0.0510. The number of hydrogen-bond donors (Lipinski definition) is 2. The van der Waals surface area contributed by atoms with Gasteiger partial charge in [0.15, 0.2) is 5.11 Å². The molecular formula is C30H30ClN5O2S. The molecule has 2 aromatic carbocycles. The number of hydrogen-bond acceptors (Lipinski definition) is 4. The predicted molar refractivity (Wildman–Crippen MR) is 159 cm³/mol. The Morgan fingerprint density at radius 1 is 1.10 bits per heavy atom. The lowest BCUT2D eigenvalue weighted by Gasteiger charge is -2.28. The molecule has 1 amide bonds. The van der Waals surface area contributed by atoms with Gasteiger partial charge in [-0.1, -0.05) is 48.0 Å². The Hall–Kier alpha value is -3.72. The Balaban J connectivity index is 1.56. The number of aromatic nitrogens is 2. The molecule has 0 saturated carbocycles. The molecule has 39 heavy (non-hydrogen) atoms. The Morgan fingerprint density at radius 2 is 1.87 bits per heavy atom. The zero-order valence-electron chi connectivity index (χ0n) is 22.0. The quantitative estimate of drug-likeness (QED) is 0.259. The summed E-state index contributed by atoms with van der Waals surface area (Å²) < 4.78 is 7.25. The molecule has 3 heterocycles. The standard InChI is InChI=1S/C30H30ClN5O2S/c1-19-15-23(20(2)35(19)17-21-9-5-4-6-10-21)29-28(26-11-7-8-14-32-26)34-30(39)36(29)22-12-13-25(24(31)16-22)33-27(37)18-38-3/h4-16,28-29H,17-18H2,1-3H3,(H,33,37)(H,34,39)/t28-,29-/m1/s1. The fraction of sp³-hybridized carbons (Fsp3) is 0.233. The number of nitrogens with one attached hydrogen (secondary N) is 2. The Kier molecular flexibility index (Phi) is 7.97. The van der Waals surface area contributed by atoms with Gasteiger partial charge in [-0.15, -0.1) is 0 Å². The second kappa shape index (κ2) is 11.6. The van der Waals surface area contributed by atoms with E-state index in [-0.39, 0.29) is 24.6 Å². The van der Waals surface area contributed by atoms with Crippen LogP contribution in [0.15, 0.2) is 79.0 Å². The van der Waals surface area contributed by atoms with Crippen molar-refractivity contribution in [2.75, 3.05) is 23.9 Å². The number of ether oxygens (including phenoxy) is 1. The number of halogens is 1. The number of nitrogens with zero attached hydrogens (tertiary/aromatic N) is 3. The molecule has 4 aromatic rings. The monoisotopic (exact) mass is 559 g/mol. The van der Waals surface area contributed by atoms with Gasteiger partial charge in [-0.25, -0.2) is 0 Å². The van der Waals surface area contributed by atoms with E-state index in [9.17, 15) is 4.79 Å². The largest absolute Gasteiger partial charge is 0.375 e. The fourth-order valence-electron chi connectivity index (χ4n) is 5.16. The third-order valence-corrected chi connectivity index (χ3v) is 7.62. The van der Waals surface area contributed by atoms with Gasteiger partial charge in [0, 0.05) is 36.9 Å². The van der Waals surface area contributed by atoms with Gasteiger partial charge in [0.25, 0.3) is 0 Å². The van der Waals surface area contributed by atoms with E-state index in [0.29, 0.717) is 15.8 Å². The average molecular weight is 560 g/mol. The topological polar surface area (TPSA) is 71.4 Å². The zero-order chi connectivity index (χ0) is 27.5. The molecule has 0 aliphatic carbocycles. The molecule has 9 heteroatoms. The van der Waals surface area contributed by atoms with E-state index in [4.69, 9.17) is 28.6 Å². The molecule has 7 nitrogen and oxygen atoms in total. The fourth-order valence-corrected chi connectivity index (χ4v) is 5.73. The summed E-state index contributed by atoms with van der Waals surface area (Å²) in [5.41, 5.74) is 6.95. The third kappa shape index (κ3) is 5.54. The van der Waals surface area contributed by atoms with Gasteiger partial charge in [-0.05, 0) is 73.6 Å². The van der Waals surface area contributed by atoms with Gasteiger partial charge in [-0.2, -0.15) is 0 Å². The van der Waals surface area contributed by atoms with E-state index in [1.165, 1.54) is 12.7 Å². The normalized spacial score (nSPS) is 16.8. The number of pyridine rings is 1. The molecule has 0 radical (unpaired) electrons. The van der Waals surface area contributed by atoms with E-state index in [0.717, 1.165) is 34.9 Å². The van der Waals surface area contributed by atoms with E-state index >= 15 is 0 Å². The summed E-state index contributed by atoms with van der Waals surface area (Å²) in [7, 11) is 1.47. The average Bonchev–Trinajstić information content (AvgIpc) is 3.42. The number of carbonyl (C=O) groups excluding carboxylic acids is 1. The minimum atomic E-state index is -0.274. The molecular weight excluding hydrogens is 530 g/mol. The first-order valence-electron chi connectivity index (χ1n) is 12.7. The lowest BCUT2D eigenvalue weighted by Crippen LogP contribution is -2.29. The van der Waals surface area contributed by atoms with Crippen LogP contribution in [0.3, 0.4) is 0 Å². The van der Waals surface area contributed by atoms with Crippen LogP contribution in [0.2, 0.25) is 5.02 Å². The van der Waals surface area contributed by atoms with E-state index in [1.807, 2.05) is 36.4 Å². The zero-order valence-corrected chi connectivity index (χ0v) is 23.6. The molecule has 5 rings (SSSR count). The first-order chi connectivity index (χ1) is 18.9. The Morgan fingerprint density at radius 3 is 2.56 bits per heavy atom. The summed E-state index contributed by atoms with van der Waals surface area (Å²) in [5, 5.41) is 7.29. The summed E-state index contributed by atoms with van der Waals surface area (Å²) in [6.45, 7) is 5.01. The number of benzene rings is 2. The van der Waals surface area contributed by atoms with Crippen molar-refractivity contribution in [3.05, 3.63) is 112 Å². The van der Waals surface area contributed by atoms with Gasteiger partial charge in [0.2, 0.25) is 5.91 Å². The number of anilines is 2. The van der Waals surface area contributed by atoms with Gasteiger partial charge < -0.3 is 24.8 Å². The molecule has 0 spiro atoms. The highest BCUT2D eigenvalue weighted by Gasteiger charge is 2.42. The van der Waals surface area contributed by atoms with Crippen LogP contribution >= 0.6 is 23.8 Å². The van der Waals surface area contributed by atoms with Gasteiger partial charge in [0.1, 0.15) is 6.61 Å². The number of thiocarbonyl (C=S) groups is 1. The van der Waals surface area contributed by atoms with Crippen molar-refractivity contribution in [1.29, 1.82) is 0 Å². The third-order valence-electron chi connectivity index (χ3n) is 6.99. The van der Waals surface area contributed by atoms with Crippen molar-refractivity contribution in [2.45, 2.75) is 32.5 Å². The predicted octanol–water partition coefficient (Wildman–Crippen LogP) is 5.96. The van der Waals surface area contributed by atoms with Crippen LogP contribution < -0.4 is 15.5 Å². The number of amides is 1. The van der Waals surface area contributed by atoms with Crippen LogP contribution in [0.25, 0.3) is 0 Å². The van der Waals surface area contributed by atoms with Crippen molar-refractivity contribution in [3.8, 4) is 0 Å². The van der Waals surface area contributed by atoms with Crippen LogP contribution in [0.4, 0.5) is 11.4 Å². The first kappa shape index (κ1) is 26.9. The number of methoxy groups -OCH3 is 1. The molecule has 2 atom stereocenters. The summed E-state index contributed by atoms with van der Waals surface area (Å²) >= 11 is 12.5. The molecule has 0 bridgehead atoms. The Bertz CT molecular complexity index is 1490. The summed E-state index contributed by atoms with van der Waals surface area (Å²) in [6.07, 6.45) is 1.80. The van der Waals surface area contributed by atoms with Crippen LogP contribution in [0.5, 0.6) is 0 Å². The molecule has 200 valence electrons. The van der Waals surface area contributed by atoms with Gasteiger partial charge in [-0.3, -0.25) is 9.78 Å². The van der Waals surface area contributed by atoms with Crippen LogP contribution in [0.1, 0.15) is 40.3 Å². The van der Waals surface area contributed by atoms with Gasteiger partial charge >= 0.3 is 0 Å². The second-order valence-electron chi connectivity index (χ2n) is 9.54. The molecule has 2 aromatic heterocycles. The highest BCUT2D eigenvalue weighted by atomic mass is 35.5. The van der Waals surface area contributed by atoms with Crippen molar-refractivity contribution < 1.29 is 9.53 Å². The van der Waals surface area contributed by atoms with Crippen molar-refractivity contribution in [1.82, 2.24) is 14.9 Å². The van der Waals surface area contributed by atoms with E-state index in [2.05, 4.69) is 69.3 Å².